The van der Waals surface area contributed by atoms with Gasteiger partial charge in [0.25, 0.3) is 0 Å². The molecule has 3 atom stereocenters. The average molecular weight is 574 g/mol. The molecule has 2 aromatic heterocycles. The zero-order valence-electron chi connectivity index (χ0n) is 23.9. The highest BCUT2D eigenvalue weighted by atomic mass is 32.2. The Bertz CT molecular complexity index is 1750. The summed E-state index contributed by atoms with van der Waals surface area (Å²) in [6, 6.07) is 12.3. The van der Waals surface area contributed by atoms with Gasteiger partial charge in [-0.15, -0.1) is 0 Å². The molecule has 2 aromatic carbocycles. The maximum absolute atomic E-state index is 13.4. The van der Waals surface area contributed by atoms with Crippen molar-refractivity contribution in [3.8, 4) is 17.1 Å². The first-order valence-electron chi connectivity index (χ1n) is 13.9. The molecule has 0 amide bonds. The lowest BCUT2D eigenvalue weighted by molar-refractivity contribution is -0.0249. The number of hydrogen-bond donors (Lipinski definition) is 2. The van der Waals surface area contributed by atoms with E-state index in [1.807, 2.05) is 26.0 Å². The third-order valence-corrected chi connectivity index (χ3v) is 9.16. The summed E-state index contributed by atoms with van der Waals surface area (Å²) in [5.41, 5.74) is 2.93. The van der Waals surface area contributed by atoms with Gasteiger partial charge in [0.1, 0.15) is 17.4 Å². The van der Waals surface area contributed by atoms with Gasteiger partial charge in [0.15, 0.2) is 11.5 Å². The largest absolute Gasteiger partial charge is 0.459 e. The van der Waals surface area contributed by atoms with Crippen LogP contribution in [0.2, 0.25) is 0 Å². The molecule has 3 unspecified atom stereocenters. The molecule has 2 heterocycles. The SMILES string of the molecule is [C-]#[N+]c1cn2[nH]c(-c3cccc(S(=N)(=O)Oc4cc(C)ccc4CC)c3)nc2c1C(=O)OC1C(C)CC(C)CC1C. The molecule has 0 radical (unpaired) electrons. The molecule has 0 aliphatic heterocycles. The maximum atomic E-state index is 13.4. The predicted octanol–water partition coefficient (Wildman–Crippen LogP) is 7.38. The van der Waals surface area contributed by atoms with Crippen LogP contribution in [0.1, 0.15) is 62.0 Å². The number of fused-ring (bicyclic) bond motifs is 1. The van der Waals surface area contributed by atoms with Crippen LogP contribution < -0.4 is 4.18 Å². The Hall–Kier alpha value is -4.10. The zero-order chi connectivity index (χ0) is 29.5. The normalized spacial score (nSPS) is 22.1. The molecule has 214 valence electrons. The number of nitrogens with one attached hydrogen (secondary N) is 2. The molecule has 4 aromatic rings. The number of nitrogens with zero attached hydrogens (tertiary/aromatic N) is 3. The highest BCUT2D eigenvalue weighted by Crippen LogP contribution is 2.37. The van der Waals surface area contributed by atoms with Crippen molar-refractivity contribution < 1.29 is 17.9 Å². The number of ether oxygens (including phenoxy) is 1. The van der Waals surface area contributed by atoms with Crippen molar-refractivity contribution in [3.63, 3.8) is 0 Å². The maximum Gasteiger partial charge on any atom is 0.331 e. The van der Waals surface area contributed by atoms with Crippen LogP contribution in [-0.2, 0) is 21.2 Å². The first kappa shape index (κ1) is 28.4. The van der Waals surface area contributed by atoms with Crippen LogP contribution in [-0.4, -0.2) is 30.9 Å². The summed E-state index contributed by atoms with van der Waals surface area (Å²) in [5.74, 6) is 1.28. The molecule has 0 spiro atoms. The van der Waals surface area contributed by atoms with Crippen molar-refractivity contribution in [2.75, 3.05) is 0 Å². The van der Waals surface area contributed by atoms with Gasteiger partial charge in [-0.05, 0) is 73.3 Å². The Morgan fingerprint density at radius 1 is 1.20 bits per heavy atom. The average Bonchev–Trinajstić information content (AvgIpc) is 3.48. The number of carbonyl (C=O) groups is 1. The van der Waals surface area contributed by atoms with Crippen LogP contribution in [0.25, 0.3) is 21.9 Å². The zero-order valence-corrected chi connectivity index (χ0v) is 24.7. The van der Waals surface area contributed by atoms with E-state index in [4.69, 9.17) is 20.3 Å². The van der Waals surface area contributed by atoms with Crippen molar-refractivity contribution in [3.05, 3.63) is 76.8 Å². The first-order chi connectivity index (χ1) is 19.5. The van der Waals surface area contributed by atoms with E-state index in [-0.39, 0.29) is 39.7 Å². The number of aromatic amines is 1. The molecule has 9 nitrogen and oxygen atoms in total. The molecule has 1 saturated carbocycles. The van der Waals surface area contributed by atoms with Crippen LogP contribution in [0.5, 0.6) is 5.75 Å². The van der Waals surface area contributed by atoms with Crippen molar-refractivity contribution in [1.82, 2.24) is 14.6 Å². The number of rotatable bonds is 7. The summed E-state index contributed by atoms with van der Waals surface area (Å²) in [4.78, 5) is 21.8. The van der Waals surface area contributed by atoms with Crippen LogP contribution in [0.15, 0.2) is 53.6 Å². The molecule has 10 heteroatoms. The minimum absolute atomic E-state index is 0.121. The number of aryl methyl sites for hydroxylation is 2. The Labute approximate surface area is 240 Å². The van der Waals surface area contributed by atoms with Crippen molar-refractivity contribution in [1.29, 1.82) is 4.78 Å². The summed E-state index contributed by atoms with van der Waals surface area (Å²) in [7, 11) is -3.64. The Morgan fingerprint density at radius 3 is 2.61 bits per heavy atom. The number of H-pyrrole nitrogens is 1. The molecule has 1 aliphatic carbocycles. The molecular formula is C31H35N5O4S. The summed E-state index contributed by atoms with van der Waals surface area (Å²) >= 11 is 0. The Kier molecular flexibility index (Phi) is 7.66. The van der Waals surface area contributed by atoms with Crippen molar-refractivity contribution in [2.24, 2.45) is 17.8 Å². The van der Waals surface area contributed by atoms with Gasteiger partial charge in [-0.3, -0.25) is 9.61 Å². The molecule has 2 N–H and O–H groups in total. The van der Waals surface area contributed by atoms with E-state index in [1.165, 1.54) is 10.7 Å². The highest BCUT2D eigenvalue weighted by molar-refractivity contribution is 7.88. The second kappa shape index (κ2) is 11.1. The molecule has 0 bridgehead atoms. The number of hydrogen-bond acceptors (Lipinski definition) is 6. The number of benzene rings is 2. The second-order valence-corrected chi connectivity index (χ2v) is 12.9. The lowest BCUT2D eigenvalue weighted by Gasteiger charge is -2.37. The standard InChI is InChI=1S/C31H35N5O4S/c1-7-22-12-11-18(2)15-26(22)40-41(32,38)24-10-8-9-23(16-24)29-34-30-27(25(33-6)17-36(30)35-29)31(37)39-28-20(4)13-19(3)14-21(28)5/h8-12,15-17,19-21,28,32H,7,13-14H2,1-5H3,(H,34,35). The third-order valence-electron chi connectivity index (χ3n) is 7.87. The van der Waals surface area contributed by atoms with Crippen molar-refractivity contribution >= 4 is 27.3 Å². The van der Waals surface area contributed by atoms with E-state index in [2.05, 4.69) is 35.7 Å². The molecule has 1 aliphatic rings. The first-order valence-corrected chi connectivity index (χ1v) is 15.4. The second-order valence-electron chi connectivity index (χ2n) is 11.2. The van der Waals surface area contributed by atoms with Gasteiger partial charge in [0, 0.05) is 11.8 Å². The fourth-order valence-electron chi connectivity index (χ4n) is 5.96. The number of carbonyl (C=O) groups excluding carboxylic acids is 1. The Balaban J connectivity index is 1.45. The highest BCUT2D eigenvalue weighted by Gasteiger charge is 2.35. The molecule has 0 saturated heterocycles. The van der Waals surface area contributed by atoms with Crippen LogP contribution >= 0.6 is 0 Å². The van der Waals surface area contributed by atoms with Crippen molar-refractivity contribution in [2.45, 2.75) is 64.9 Å². The van der Waals surface area contributed by atoms with Gasteiger partial charge < -0.3 is 8.92 Å². The Morgan fingerprint density at radius 2 is 1.93 bits per heavy atom. The lowest BCUT2D eigenvalue weighted by atomic mass is 9.75. The van der Waals surface area contributed by atoms with Gasteiger partial charge in [0.2, 0.25) is 15.7 Å². The summed E-state index contributed by atoms with van der Waals surface area (Å²) in [6.07, 6.45) is 3.95. The summed E-state index contributed by atoms with van der Waals surface area (Å²) < 4.78 is 35.3. The minimum Gasteiger partial charge on any atom is -0.459 e. The predicted molar refractivity (Wildman–Crippen MR) is 157 cm³/mol. The van der Waals surface area contributed by atoms with E-state index >= 15 is 0 Å². The van der Waals surface area contributed by atoms with E-state index in [1.54, 1.807) is 30.3 Å². The fourth-order valence-corrected chi connectivity index (χ4v) is 7.00. The van der Waals surface area contributed by atoms with E-state index in [9.17, 15) is 9.00 Å². The minimum atomic E-state index is -3.64. The van der Waals surface area contributed by atoms with Gasteiger partial charge >= 0.3 is 5.97 Å². The molecule has 1 fully saturated rings. The summed E-state index contributed by atoms with van der Waals surface area (Å²) in [5, 5.41) is 3.10. The molecule has 41 heavy (non-hydrogen) atoms. The quantitative estimate of drug-likeness (QED) is 0.177. The van der Waals surface area contributed by atoms with Crippen LogP contribution in [0, 0.1) is 36.0 Å². The van der Waals surface area contributed by atoms with E-state index in [0.717, 1.165) is 24.0 Å². The topological polar surface area (TPSA) is 114 Å². The number of aromatic nitrogens is 3. The molecule has 5 rings (SSSR count). The monoisotopic (exact) mass is 573 g/mol. The van der Waals surface area contributed by atoms with Gasteiger partial charge in [0.05, 0.1) is 11.5 Å². The van der Waals surface area contributed by atoms with Crippen LogP contribution in [0.3, 0.4) is 0 Å². The van der Waals surface area contributed by atoms with Gasteiger partial charge in [-0.25, -0.2) is 23.6 Å². The molecular weight excluding hydrogens is 538 g/mol. The van der Waals surface area contributed by atoms with Gasteiger partial charge in [-0.1, -0.05) is 52.0 Å². The lowest BCUT2D eigenvalue weighted by Crippen LogP contribution is -2.37. The number of esters is 1. The van der Waals surface area contributed by atoms with E-state index in [0.29, 0.717) is 29.5 Å². The third kappa shape index (κ3) is 5.59. The smallest absolute Gasteiger partial charge is 0.331 e. The summed E-state index contributed by atoms with van der Waals surface area (Å²) in [6.45, 7) is 17.9. The van der Waals surface area contributed by atoms with E-state index < -0.39 is 16.0 Å². The van der Waals surface area contributed by atoms with Crippen LogP contribution in [0.4, 0.5) is 5.69 Å². The fraction of sp³-hybridized carbons (Fsp3) is 0.387. The van der Waals surface area contributed by atoms with Gasteiger partial charge in [-0.2, -0.15) is 0 Å².